The van der Waals surface area contributed by atoms with Crippen molar-refractivity contribution in [3.63, 3.8) is 0 Å². The monoisotopic (exact) mass is 388 g/mol. The molecule has 0 aliphatic carbocycles. The topological polar surface area (TPSA) is 84.3 Å². The van der Waals surface area contributed by atoms with E-state index in [4.69, 9.17) is 0 Å². The number of aromatic nitrogens is 2. The molecule has 2 aromatic rings. The van der Waals surface area contributed by atoms with Gasteiger partial charge in [-0.25, -0.2) is 4.68 Å². The minimum atomic E-state index is -0.185. The molecule has 2 amide bonds. The van der Waals surface area contributed by atoms with Crippen molar-refractivity contribution in [3.05, 3.63) is 50.6 Å². The van der Waals surface area contributed by atoms with Gasteiger partial charge < -0.3 is 10.2 Å². The Morgan fingerprint density at radius 1 is 1.26 bits per heavy atom. The standard InChI is InChI=1S/C19H24N4O3S/c1-2-3-9-23-17(24)5-4-16(21-23)19(26)22-10-6-15(7-11-22)20-18(25)14-8-12-27-13-14/h4-5,8,12-13,15H,2-3,6-7,9-11H2,1H3,(H,20,25). The predicted molar refractivity (Wildman–Crippen MR) is 104 cm³/mol. The number of carbonyl (C=O) groups excluding carboxylic acids is 2. The smallest absolute Gasteiger partial charge is 0.274 e. The number of unbranched alkanes of at least 4 members (excludes halogenated alkanes) is 1. The van der Waals surface area contributed by atoms with Gasteiger partial charge in [0.05, 0.1) is 0 Å². The number of nitrogens with zero attached hydrogens (tertiary/aromatic N) is 3. The zero-order chi connectivity index (χ0) is 19.2. The Kier molecular flexibility index (Phi) is 6.39. The Balaban J connectivity index is 1.57. The van der Waals surface area contributed by atoms with Gasteiger partial charge in [0.15, 0.2) is 0 Å². The third kappa shape index (κ3) is 4.82. The third-order valence-electron chi connectivity index (χ3n) is 4.71. The van der Waals surface area contributed by atoms with Gasteiger partial charge in [-0.2, -0.15) is 16.4 Å². The highest BCUT2D eigenvalue weighted by Crippen LogP contribution is 2.14. The number of hydrogen-bond donors (Lipinski definition) is 1. The summed E-state index contributed by atoms with van der Waals surface area (Å²) < 4.78 is 1.37. The van der Waals surface area contributed by atoms with Crippen LogP contribution < -0.4 is 10.9 Å². The van der Waals surface area contributed by atoms with Crippen LogP contribution in [0.25, 0.3) is 0 Å². The van der Waals surface area contributed by atoms with Crippen molar-refractivity contribution in [2.24, 2.45) is 0 Å². The van der Waals surface area contributed by atoms with E-state index < -0.39 is 0 Å². The summed E-state index contributed by atoms with van der Waals surface area (Å²) in [5.41, 5.74) is 0.790. The molecular weight excluding hydrogens is 364 g/mol. The number of amides is 2. The molecule has 27 heavy (non-hydrogen) atoms. The number of nitrogens with one attached hydrogen (secondary N) is 1. The van der Waals surface area contributed by atoms with Gasteiger partial charge in [0.2, 0.25) is 0 Å². The SMILES string of the molecule is CCCCn1nc(C(=O)N2CCC(NC(=O)c3ccsc3)CC2)ccc1=O. The maximum absolute atomic E-state index is 12.7. The molecule has 1 aliphatic heterocycles. The lowest BCUT2D eigenvalue weighted by molar-refractivity contribution is 0.0689. The predicted octanol–water partition coefficient (Wildman–Crippen LogP) is 2.14. The molecule has 2 aromatic heterocycles. The zero-order valence-electron chi connectivity index (χ0n) is 15.4. The lowest BCUT2D eigenvalue weighted by Gasteiger charge is -2.32. The van der Waals surface area contributed by atoms with Crippen LogP contribution in [-0.4, -0.2) is 45.6 Å². The van der Waals surface area contributed by atoms with E-state index in [0.29, 0.717) is 43.7 Å². The summed E-state index contributed by atoms with van der Waals surface area (Å²) in [6.07, 6.45) is 3.21. The molecule has 0 saturated carbocycles. The lowest BCUT2D eigenvalue weighted by atomic mass is 10.0. The molecule has 0 spiro atoms. The van der Waals surface area contributed by atoms with E-state index in [1.54, 1.807) is 11.0 Å². The third-order valence-corrected chi connectivity index (χ3v) is 5.39. The highest BCUT2D eigenvalue weighted by atomic mass is 32.1. The fraction of sp³-hybridized carbons (Fsp3) is 0.474. The maximum Gasteiger partial charge on any atom is 0.274 e. The minimum Gasteiger partial charge on any atom is -0.349 e. The van der Waals surface area contributed by atoms with Crippen LogP contribution >= 0.6 is 11.3 Å². The molecule has 1 aliphatic rings. The number of aryl methyl sites for hydroxylation is 1. The molecule has 144 valence electrons. The molecule has 8 heteroatoms. The molecule has 0 atom stereocenters. The normalized spacial score (nSPS) is 14.9. The Morgan fingerprint density at radius 2 is 2.04 bits per heavy atom. The zero-order valence-corrected chi connectivity index (χ0v) is 16.2. The van der Waals surface area contributed by atoms with Gasteiger partial charge in [-0.05, 0) is 36.8 Å². The average molecular weight is 388 g/mol. The highest BCUT2D eigenvalue weighted by Gasteiger charge is 2.26. The van der Waals surface area contributed by atoms with Gasteiger partial charge in [0.25, 0.3) is 17.4 Å². The summed E-state index contributed by atoms with van der Waals surface area (Å²) in [5.74, 6) is -0.228. The Bertz CT molecular complexity index is 839. The number of piperidine rings is 1. The first kappa shape index (κ1) is 19.3. The second-order valence-electron chi connectivity index (χ2n) is 6.69. The van der Waals surface area contributed by atoms with Crippen molar-refractivity contribution in [2.75, 3.05) is 13.1 Å². The van der Waals surface area contributed by atoms with E-state index in [2.05, 4.69) is 10.4 Å². The number of carbonyl (C=O) groups is 2. The first-order chi connectivity index (χ1) is 13.1. The highest BCUT2D eigenvalue weighted by molar-refractivity contribution is 7.08. The quantitative estimate of drug-likeness (QED) is 0.822. The van der Waals surface area contributed by atoms with E-state index >= 15 is 0 Å². The van der Waals surface area contributed by atoms with E-state index in [9.17, 15) is 14.4 Å². The van der Waals surface area contributed by atoms with Crippen molar-refractivity contribution in [1.82, 2.24) is 20.0 Å². The Hall–Kier alpha value is -2.48. The van der Waals surface area contributed by atoms with Gasteiger partial charge in [-0.15, -0.1) is 0 Å². The first-order valence-electron chi connectivity index (χ1n) is 9.29. The minimum absolute atomic E-state index is 0.0629. The Morgan fingerprint density at radius 3 is 2.70 bits per heavy atom. The summed E-state index contributed by atoms with van der Waals surface area (Å²) in [7, 11) is 0. The fourth-order valence-electron chi connectivity index (χ4n) is 3.08. The molecule has 0 unspecified atom stereocenters. The van der Waals surface area contributed by atoms with E-state index in [0.717, 1.165) is 12.8 Å². The maximum atomic E-state index is 12.7. The van der Waals surface area contributed by atoms with Gasteiger partial charge in [0, 0.05) is 42.7 Å². The molecular formula is C19H24N4O3S. The average Bonchev–Trinajstić information content (AvgIpc) is 3.22. The van der Waals surface area contributed by atoms with Crippen LogP contribution in [-0.2, 0) is 6.54 Å². The molecule has 0 bridgehead atoms. The van der Waals surface area contributed by atoms with Crippen molar-refractivity contribution >= 4 is 23.2 Å². The first-order valence-corrected chi connectivity index (χ1v) is 10.2. The van der Waals surface area contributed by atoms with Crippen molar-refractivity contribution < 1.29 is 9.59 Å². The summed E-state index contributed by atoms with van der Waals surface area (Å²) in [4.78, 5) is 38.4. The molecule has 1 saturated heterocycles. The largest absolute Gasteiger partial charge is 0.349 e. The number of rotatable bonds is 6. The summed E-state index contributed by atoms with van der Waals surface area (Å²) in [6, 6.07) is 4.77. The summed E-state index contributed by atoms with van der Waals surface area (Å²) in [6.45, 7) is 3.68. The lowest BCUT2D eigenvalue weighted by Crippen LogP contribution is -2.47. The van der Waals surface area contributed by atoms with Gasteiger partial charge in [0.1, 0.15) is 5.69 Å². The molecule has 3 heterocycles. The fourth-order valence-corrected chi connectivity index (χ4v) is 3.72. The van der Waals surface area contributed by atoms with Crippen LogP contribution in [0.4, 0.5) is 0 Å². The van der Waals surface area contributed by atoms with Crippen molar-refractivity contribution in [2.45, 2.75) is 45.2 Å². The number of hydrogen-bond acceptors (Lipinski definition) is 5. The summed E-state index contributed by atoms with van der Waals surface area (Å²) in [5, 5.41) is 11.0. The van der Waals surface area contributed by atoms with Crippen LogP contribution in [0.5, 0.6) is 0 Å². The van der Waals surface area contributed by atoms with E-state index in [1.807, 2.05) is 17.7 Å². The van der Waals surface area contributed by atoms with Crippen molar-refractivity contribution in [1.29, 1.82) is 0 Å². The summed E-state index contributed by atoms with van der Waals surface area (Å²) >= 11 is 1.49. The number of likely N-dealkylation sites (tertiary alicyclic amines) is 1. The van der Waals surface area contributed by atoms with Crippen LogP contribution in [0.2, 0.25) is 0 Å². The number of thiophene rings is 1. The van der Waals surface area contributed by atoms with Gasteiger partial charge in [-0.3, -0.25) is 14.4 Å². The second kappa shape index (κ2) is 8.94. The Labute approximate surface area is 162 Å². The van der Waals surface area contributed by atoms with Crippen LogP contribution in [0.3, 0.4) is 0 Å². The van der Waals surface area contributed by atoms with Crippen LogP contribution in [0.15, 0.2) is 33.8 Å². The molecule has 3 rings (SSSR count). The molecule has 1 N–H and O–H groups in total. The van der Waals surface area contributed by atoms with Gasteiger partial charge >= 0.3 is 0 Å². The molecule has 0 radical (unpaired) electrons. The van der Waals surface area contributed by atoms with Crippen LogP contribution in [0.1, 0.15) is 53.5 Å². The van der Waals surface area contributed by atoms with E-state index in [-0.39, 0.29) is 23.4 Å². The molecule has 0 aromatic carbocycles. The molecule has 7 nitrogen and oxygen atoms in total. The van der Waals surface area contributed by atoms with Gasteiger partial charge in [-0.1, -0.05) is 13.3 Å². The molecule has 1 fully saturated rings. The second-order valence-corrected chi connectivity index (χ2v) is 7.47. The van der Waals surface area contributed by atoms with Crippen LogP contribution in [0, 0.1) is 0 Å². The van der Waals surface area contributed by atoms with Crippen molar-refractivity contribution in [3.8, 4) is 0 Å². The van der Waals surface area contributed by atoms with E-state index in [1.165, 1.54) is 28.2 Å².